The third-order valence-corrected chi connectivity index (χ3v) is 2.46. The van der Waals surface area contributed by atoms with E-state index in [1.165, 1.54) is 0 Å². The lowest BCUT2D eigenvalue weighted by atomic mass is 10.3. The summed E-state index contributed by atoms with van der Waals surface area (Å²) in [4.78, 5) is 0. The second-order valence-electron chi connectivity index (χ2n) is 2.13. The maximum absolute atomic E-state index is 10.6. The molecule has 2 unspecified atom stereocenters. The Morgan fingerprint density at radius 3 is 1.62 bits per heavy atom. The maximum Gasteiger partial charge on any atom is 0.0959 e. The third-order valence-electron chi connectivity index (χ3n) is 1.37. The molecule has 47 valence electrons. The molecule has 2 atom stereocenters. The monoisotopic (exact) mass is 153 g/mol. The summed E-state index contributed by atoms with van der Waals surface area (Å²) in [6.07, 6.45) is 0.561. The summed E-state index contributed by atoms with van der Waals surface area (Å²) < 4.78 is 0. The van der Waals surface area contributed by atoms with Gasteiger partial charge in [-0.25, -0.2) is 5.11 Å². The van der Waals surface area contributed by atoms with Gasteiger partial charge in [0.15, 0.2) is 0 Å². The van der Waals surface area contributed by atoms with Crippen molar-refractivity contribution in [3.63, 3.8) is 0 Å². The summed E-state index contributed by atoms with van der Waals surface area (Å²) >= 11 is 11.3. The molecular formula is C5H7Cl2O. The van der Waals surface area contributed by atoms with Crippen LogP contribution < -0.4 is 0 Å². The van der Waals surface area contributed by atoms with Gasteiger partial charge in [-0.15, -0.1) is 23.2 Å². The molecule has 0 amide bonds. The highest BCUT2D eigenvalue weighted by atomic mass is 35.5. The van der Waals surface area contributed by atoms with Gasteiger partial charge in [-0.3, -0.25) is 0 Å². The summed E-state index contributed by atoms with van der Waals surface area (Å²) in [6, 6.07) is 0. The predicted octanol–water partition coefficient (Wildman–Crippen LogP) is 1.79. The fourth-order valence-electron chi connectivity index (χ4n) is 0.894. The van der Waals surface area contributed by atoms with Crippen molar-refractivity contribution in [1.82, 2.24) is 0 Å². The predicted molar refractivity (Wildman–Crippen MR) is 33.0 cm³/mol. The fourth-order valence-corrected chi connectivity index (χ4v) is 1.50. The first-order valence-corrected chi connectivity index (χ1v) is 3.51. The Morgan fingerprint density at radius 2 is 1.50 bits per heavy atom. The van der Waals surface area contributed by atoms with Gasteiger partial charge in [-0.1, -0.05) is 0 Å². The number of alkyl halides is 2. The van der Waals surface area contributed by atoms with Crippen LogP contribution in [-0.4, -0.2) is 16.9 Å². The van der Waals surface area contributed by atoms with E-state index >= 15 is 0 Å². The summed E-state index contributed by atoms with van der Waals surface area (Å²) in [5.41, 5.74) is 0. The van der Waals surface area contributed by atoms with Crippen molar-refractivity contribution in [2.75, 3.05) is 0 Å². The summed E-state index contributed by atoms with van der Waals surface area (Å²) in [5.74, 6) is 0. The first-order valence-electron chi connectivity index (χ1n) is 2.64. The smallest absolute Gasteiger partial charge is 0.0959 e. The average molecular weight is 154 g/mol. The first kappa shape index (κ1) is 6.66. The molecule has 0 aromatic heterocycles. The zero-order valence-electron chi connectivity index (χ0n) is 4.31. The van der Waals surface area contributed by atoms with Crippen LogP contribution in [-0.2, 0) is 5.11 Å². The van der Waals surface area contributed by atoms with E-state index in [4.69, 9.17) is 23.2 Å². The zero-order chi connectivity index (χ0) is 6.15. The molecule has 0 saturated heterocycles. The fraction of sp³-hybridized carbons (Fsp3) is 1.00. The summed E-state index contributed by atoms with van der Waals surface area (Å²) in [6.45, 7) is 0. The Hall–Kier alpha value is 0.540. The van der Waals surface area contributed by atoms with Gasteiger partial charge in [0.05, 0.1) is 16.9 Å². The lowest BCUT2D eigenvalue weighted by Crippen LogP contribution is -2.03. The van der Waals surface area contributed by atoms with Crippen LogP contribution in [0.3, 0.4) is 0 Å². The van der Waals surface area contributed by atoms with Crippen LogP contribution in [0, 0.1) is 0 Å². The van der Waals surface area contributed by atoms with Crippen molar-refractivity contribution in [3.05, 3.63) is 0 Å². The Morgan fingerprint density at radius 1 is 1.12 bits per heavy atom. The van der Waals surface area contributed by atoms with Crippen molar-refractivity contribution in [1.29, 1.82) is 0 Å². The molecule has 1 nitrogen and oxygen atoms in total. The molecule has 1 aliphatic carbocycles. The second-order valence-corrected chi connectivity index (χ2v) is 3.25. The summed E-state index contributed by atoms with van der Waals surface area (Å²) in [5, 5.41) is 10.4. The SMILES string of the molecule is [O]C1CC(Cl)C(Cl)C1. The van der Waals surface area contributed by atoms with E-state index < -0.39 is 6.10 Å². The van der Waals surface area contributed by atoms with Crippen molar-refractivity contribution in [3.8, 4) is 0 Å². The normalized spacial score (nSPS) is 47.6. The van der Waals surface area contributed by atoms with Crippen LogP contribution in [0.1, 0.15) is 12.8 Å². The molecular weight excluding hydrogens is 147 g/mol. The van der Waals surface area contributed by atoms with Crippen molar-refractivity contribution < 1.29 is 5.11 Å². The molecule has 1 radical (unpaired) electrons. The lowest BCUT2D eigenvalue weighted by Gasteiger charge is -1.99. The van der Waals surface area contributed by atoms with Gasteiger partial charge in [0.1, 0.15) is 0 Å². The Balaban J connectivity index is 2.39. The van der Waals surface area contributed by atoms with Gasteiger partial charge in [-0.05, 0) is 12.8 Å². The Labute approximate surface area is 58.6 Å². The minimum Gasteiger partial charge on any atom is -0.233 e. The van der Waals surface area contributed by atoms with Crippen LogP contribution >= 0.6 is 23.2 Å². The van der Waals surface area contributed by atoms with E-state index in [2.05, 4.69) is 0 Å². The molecule has 3 heteroatoms. The molecule has 1 rings (SSSR count). The number of halogens is 2. The van der Waals surface area contributed by atoms with Crippen LogP contribution in [0.4, 0.5) is 0 Å². The van der Waals surface area contributed by atoms with Crippen molar-refractivity contribution >= 4 is 23.2 Å². The largest absolute Gasteiger partial charge is 0.233 e. The topological polar surface area (TPSA) is 19.9 Å². The summed E-state index contributed by atoms with van der Waals surface area (Å²) in [7, 11) is 0. The number of hydrogen-bond donors (Lipinski definition) is 0. The molecule has 0 heterocycles. The van der Waals surface area contributed by atoms with Crippen molar-refractivity contribution in [2.24, 2.45) is 0 Å². The average Bonchev–Trinajstić information content (AvgIpc) is 1.85. The van der Waals surface area contributed by atoms with Crippen LogP contribution in [0.5, 0.6) is 0 Å². The maximum atomic E-state index is 10.6. The van der Waals surface area contributed by atoms with Gasteiger partial charge < -0.3 is 0 Å². The minimum absolute atomic E-state index is 0.0841. The Bertz CT molecular complexity index is 76.5. The highest BCUT2D eigenvalue weighted by molar-refractivity contribution is 6.30. The van der Waals surface area contributed by atoms with E-state index in [0.717, 1.165) is 0 Å². The van der Waals surface area contributed by atoms with Crippen molar-refractivity contribution in [2.45, 2.75) is 29.7 Å². The zero-order valence-corrected chi connectivity index (χ0v) is 5.82. The molecule has 8 heavy (non-hydrogen) atoms. The van der Waals surface area contributed by atoms with E-state index in [9.17, 15) is 5.11 Å². The van der Waals surface area contributed by atoms with Gasteiger partial charge in [0.2, 0.25) is 0 Å². The second kappa shape index (κ2) is 2.42. The third kappa shape index (κ3) is 1.28. The van der Waals surface area contributed by atoms with Gasteiger partial charge in [-0.2, -0.15) is 0 Å². The highest BCUT2D eigenvalue weighted by Crippen LogP contribution is 2.28. The van der Waals surface area contributed by atoms with Crippen LogP contribution in [0.2, 0.25) is 0 Å². The van der Waals surface area contributed by atoms with E-state index in [1.54, 1.807) is 0 Å². The van der Waals surface area contributed by atoms with Crippen LogP contribution in [0.15, 0.2) is 0 Å². The van der Waals surface area contributed by atoms with E-state index in [-0.39, 0.29) is 10.8 Å². The molecule has 0 bridgehead atoms. The molecule has 1 saturated carbocycles. The van der Waals surface area contributed by atoms with Gasteiger partial charge in [0.25, 0.3) is 0 Å². The molecule has 1 aliphatic rings. The standard InChI is InChI=1S/C5H7Cl2O/c6-4-1-3(8)2-5(4)7/h3-5H,1-2H2. The van der Waals surface area contributed by atoms with Crippen LogP contribution in [0.25, 0.3) is 0 Å². The quantitative estimate of drug-likeness (QED) is 0.474. The molecule has 1 fully saturated rings. The number of hydrogen-bond acceptors (Lipinski definition) is 0. The molecule has 0 aromatic carbocycles. The molecule has 0 N–H and O–H groups in total. The minimum atomic E-state index is -0.514. The van der Waals surface area contributed by atoms with E-state index in [1.807, 2.05) is 0 Å². The van der Waals surface area contributed by atoms with E-state index in [0.29, 0.717) is 12.8 Å². The van der Waals surface area contributed by atoms with Gasteiger partial charge >= 0.3 is 0 Å². The lowest BCUT2D eigenvalue weighted by molar-refractivity contribution is 0.0961. The number of rotatable bonds is 0. The highest BCUT2D eigenvalue weighted by Gasteiger charge is 2.30. The Kier molecular flexibility index (Phi) is 2.02. The molecule has 0 aliphatic heterocycles. The van der Waals surface area contributed by atoms with Gasteiger partial charge in [0, 0.05) is 0 Å². The first-order chi connectivity index (χ1) is 3.70. The molecule has 0 aromatic rings. The molecule has 0 spiro atoms.